The van der Waals surface area contributed by atoms with Gasteiger partial charge < -0.3 is 20.7 Å². The van der Waals surface area contributed by atoms with Crippen LogP contribution in [0.1, 0.15) is 17.4 Å². The Hall–Kier alpha value is -1.81. The van der Waals surface area contributed by atoms with Crippen LogP contribution in [0.15, 0.2) is 46.8 Å². The molecule has 1 heterocycles. The highest BCUT2D eigenvalue weighted by molar-refractivity contribution is 14.0. The summed E-state index contributed by atoms with van der Waals surface area (Å²) in [5.41, 5.74) is 1.01. The van der Waals surface area contributed by atoms with Gasteiger partial charge in [-0.2, -0.15) is 0 Å². The van der Waals surface area contributed by atoms with Gasteiger partial charge in [-0.25, -0.2) is 4.99 Å². The van der Waals surface area contributed by atoms with Gasteiger partial charge in [0, 0.05) is 18.0 Å². The Morgan fingerprint density at radius 3 is 2.50 bits per heavy atom. The molecular weight excluding hydrogens is 463 g/mol. The minimum atomic E-state index is -0.121. The zero-order valence-corrected chi connectivity index (χ0v) is 18.1. The third kappa shape index (κ3) is 8.05. The number of methoxy groups -OCH3 is 1. The first-order valence-electron chi connectivity index (χ1n) is 8.15. The van der Waals surface area contributed by atoms with E-state index in [-0.39, 0.29) is 36.4 Å². The monoisotopic (exact) mass is 488 g/mol. The predicted octanol–water partition coefficient (Wildman–Crippen LogP) is 2.75. The van der Waals surface area contributed by atoms with E-state index >= 15 is 0 Å². The Morgan fingerprint density at radius 2 is 1.88 bits per heavy atom. The maximum absolute atomic E-state index is 12.0. The number of amides is 1. The molecule has 0 spiro atoms. The fraction of sp³-hybridized carbons (Fsp3) is 0.333. The number of hydrogen-bond donors (Lipinski definition) is 3. The number of nitrogens with zero attached hydrogens (tertiary/aromatic N) is 1. The van der Waals surface area contributed by atoms with Gasteiger partial charge in [-0.05, 0) is 36.1 Å². The first-order valence-corrected chi connectivity index (χ1v) is 9.03. The summed E-state index contributed by atoms with van der Waals surface area (Å²) in [6, 6.07) is 11.7. The summed E-state index contributed by atoms with van der Waals surface area (Å²) in [6.45, 7) is 3.97. The smallest absolute Gasteiger partial charge is 0.242 e. The van der Waals surface area contributed by atoms with Crippen molar-refractivity contribution in [2.75, 3.05) is 20.2 Å². The van der Waals surface area contributed by atoms with E-state index in [1.807, 2.05) is 42.6 Å². The second kappa shape index (κ2) is 12.5. The quantitative estimate of drug-likeness (QED) is 0.304. The first-order chi connectivity index (χ1) is 12.2. The van der Waals surface area contributed by atoms with Gasteiger partial charge in [-0.1, -0.05) is 18.2 Å². The molecule has 0 bridgehead atoms. The number of ether oxygens (including phenoxy) is 1. The fourth-order valence-electron chi connectivity index (χ4n) is 2.08. The van der Waals surface area contributed by atoms with Crippen molar-refractivity contribution in [1.29, 1.82) is 0 Å². The van der Waals surface area contributed by atoms with E-state index in [4.69, 9.17) is 4.74 Å². The van der Waals surface area contributed by atoms with Crippen molar-refractivity contribution in [2.45, 2.75) is 20.0 Å². The lowest BCUT2D eigenvalue weighted by Gasteiger charge is -2.10. The van der Waals surface area contributed by atoms with Crippen LogP contribution in [0, 0.1) is 0 Å². The lowest BCUT2D eigenvalue weighted by molar-refractivity contribution is -0.119. The number of benzene rings is 1. The molecule has 3 N–H and O–H groups in total. The van der Waals surface area contributed by atoms with Crippen LogP contribution in [0.25, 0.3) is 0 Å². The SMILES string of the molecule is CCNC(=NCC(=O)NCc1ccc(OC)cc1)NCc1cccs1.I. The Kier molecular flexibility index (Phi) is 10.7. The number of thiophene rings is 1. The Morgan fingerprint density at radius 1 is 1.12 bits per heavy atom. The Labute approximate surface area is 175 Å². The van der Waals surface area contributed by atoms with Gasteiger partial charge in [-0.15, -0.1) is 35.3 Å². The second-order valence-electron chi connectivity index (χ2n) is 5.25. The van der Waals surface area contributed by atoms with Crippen molar-refractivity contribution < 1.29 is 9.53 Å². The van der Waals surface area contributed by atoms with Gasteiger partial charge in [0.2, 0.25) is 5.91 Å². The van der Waals surface area contributed by atoms with Gasteiger partial charge in [0.15, 0.2) is 5.96 Å². The van der Waals surface area contributed by atoms with Gasteiger partial charge in [0.1, 0.15) is 12.3 Å². The zero-order chi connectivity index (χ0) is 17.9. The summed E-state index contributed by atoms with van der Waals surface area (Å²) >= 11 is 1.68. The molecule has 0 aliphatic rings. The summed E-state index contributed by atoms with van der Waals surface area (Å²) in [6.07, 6.45) is 0. The Bertz CT molecular complexity index is 675. The molecule has 2 rings (SSSR count). The zero-order valence-electron chi connectivity index (χ0n) is 15.0. The van der Waals surface area contributed by atoms with Crippen molar-refractivity contribution in [3.05, 3.63) is 52.2 Å². The van der Waals surface area contributed by atoms with Crippen LogP contribution in [0.4, 0.5) is 0 Å². The molecule has 1 aromatic heterocycles. The van der Waals surface area contributed by atoms with E-state index in [0.29, 0.717) is 19.0 Å². The maximum atomic E-state index is 12.0. The van der Waals surface area contributed by atoms with Crippen LogP contribution in [-0.4, -0.2) is 32.1 Å². The lowest BCUT2D eigenvalue weighted by atomic mass is 10.2. The van der Waals surface area contributed by atoms with E-state index < -0.39 is 0 Å². The standard InChI is InChI=1S/C18H24N4O2S.HI/c1-3-19-18(21-12-16-5-4-10-25-16)22-13-17(23)20-11-14-6-8-15(24-2)9-7-14;/h4-10H,3,11-13H2,1-2H3,(H,20,23)(H2,19,21,22);1H. The van der Waals surface area contributed by atoms with Crippen molar-refractivity contribution in [3.8, 4) is 5.75 Å². The number of carbonyl (C=O) groups is 1. The second-order valence-corrected chi connectivity index (χ2v) is 6.29. The minimum Gasteiger partial charge on any atom is -0.497 e. The number of halogens is 1. The average Bonchev–Trinajstić information content (AvgIpc) is 3.16. The van der Waals surface area contributed by atoms with Crippen molar-refractivity contribution >= 4 is 47.2 Å². The van der Waals surface area contributed by atoms with Gasteiger partial charge >= 0.3 is 0 Å². The Balaban J connectivity index is 0.00000338. The molecule has 0 aliphatic carbocycles. The highest BCUT2D eigenvalue weighted by Gasteiger charge is 2.03. The van der Waals surface area contributed by atoms with Gasteiger partial charge in [-0.3, -0.25) is 4.79 Å². The molecule has 26 heavy (non-hydrogen) atoms. The molecule has 0 aliphatic heterocycles. The number of hydrogen-bond acceptors (Lipinski definition) is 4. The van der Waals surface area contributed by atoms with E-state index in [1.165, 1.54) is 4.88 Å². The molecule has 8 heteroatoms. The molecule has 0 saturated heterocycles. The molecule has 0 saturated carbocycles. The number of rotatable bonds is 8. The van der Waals surface area contributed by atoms with Crippen molar-refractivity contribution in [1.82, 2.24) is 16.0 Å². The third-order valence-corrected chi connectivity index (χ3v) is 4.26. The summed E-state index contributed by atoms with van der Waals surface area (Å²) in [5, 5.41) is 11.3. The highest BCUT2D eigenvalue weighted by Crippen LogP contribution is 2.10. The summed E-state index contributed by atoms with van der Waals surface area (Å²) in [7, 11) is 1.63. The first kappa shape index (κ1) is 22.2. The number of nitrogens with one attached hydrogen (secondary N) is 3. The minimum absolute atomic E-state index is 0. The van der Waals surface area contributed by atoms with E-state index in [2.05, 4.69) is 27.0 Å². The topological polar surface area (TPSA) is 74.8 Å². The van der Waals surface area contributed by atoms with Crippen molar-refractivity contribution in [3.63, 3.8) is 0 Å². The maximum Gasteiger partial charge on any atom is 0.242 e. The average molecular weight is 488 g/mol. The molecule has 2 aromatic rings. The van der Waals surface area contributed by atoms with E-state index in [9.17, 15) is 4.79 Å². The molecule has 1 amide bonds. The van der Waals surface area contributed by atoms with Crippen molar-refractivity contribution in [2.24, 2.45) is 4.99 Å². The number of aliphatic imine (C=N–C) groups is 1. The summed E-state index contributed by atoms with van der Waals surface area (Å²) in [4.78, 5) is 17.5. The van der Waals surface area contributed by atoms with Crippen LogP contribution >= 0.6 is 35.3 Å². The van der Waals surface area contributed by atoms with Gasteiger partial charge in [0.05, 0.1) is 13.7 Å². The molecule has 0 fully saturated rings. The normalized spacial score (nSPS) is 10.6. The molecule has 6 nitrogen and oxygen atoms in total. The predicted molar refractivity (Wildman–Crippen MR) is 117 cm³/mol. The van der Waals surface area contributed by atoms with Crippen LogP contribution in [0.3, 0.4) is 0 Å². The summed E-state index contributed by atoms with van der Waals surface area (Å²) < 4.78 is 5.11. The fourth-order valence-corrected chi connectivity index (χ4v) is 2.72. The van der Waals surface area contributed by atoms with Gasteiger partial charge in [0.25, 0.3) is 0 Å². The molecule has 0 atom stereocenters. The van der Waals surface area contributed by atoms with Crippen LogP contribution < -0.4 is 20.7 Å². The number of guanidine groups is 1. The van der Waals surface area contributed by atoms with Crippen LogP contribution in [-0.2, 0) is 17.9 Å². The highest BCUT2D eigenvalue weighted by atomic mass is 127. The molecule has 0 radical (unpaired) electrons. The third-order valence-electron chi connectivity index (χ3n) is 3.38. The summed E-state index contributed by atoms with van der Waals surface area (Å²) in [5.74, 6) is 1.31. The molecule has 1 aromatic carbocycles. The van der Waals surface area contributed by atoms with Crippen LogP contribution in [0.5, 0.6) is 5.75 Å². The van der Waals surface area contributed by atoms with E-state index in [0.717, 1.165) is 17.9 Å². The molecular formula is C18H25IN4O2S. The number of carbonyl (C=O) groups excluding carboxylic acids is 1. The largest absolute Gasteiger partial charge is 0.497 e. The van der Waals surface area contributed by atoms with E-state index in [1.54, 1.807) is 18.4 Å². The lowest BCUT2D eigenvalue weighted by Crippen LogP contribution is -2.38. The molecule has 0 unspecified atom stereocenters. The van der Waals surface area contributed by atoms with Crippen LogP contribution in [0.2, 0.25) is 0 Å². The molecule has 142 valence electrons.